The summed E-state index contributed by atoms with van der Waals surface area (Å²) in [5.74, 6) is 0.598. The Morgan fingerprint density at radius 3 is 2.46 bits per heavy atom. The van der Waals surface area contributed by atoms with E-state index < -0.39 is 5.97 Å². The van der Waals surface area contributed by atoms with Gasteiger partial charge in [0.1, 0.15) is 11.5 Å². The predicted octanol–water partition coefficient (Wildman–Crippen LogP) is 3.70. The fourth-order valence-electron chi connectivity index (χ4n) is 2.61. The van der Waals surface area contributed by atoms with Crippen LogP contribution < -0.4 is 15.0 Å². The van der Waals surface area contributed by atoms with E-state index in [4.69, 9.17) is 21.7 Å². The largest absolute Gasteiger partial charge is 0.494 e. The molecule has 0 bridgehead atoms. The molecular formula is C19H18N2O4S. The van der Waals surface area contributed by atoms with Gasteiger partial charge in [-0.3, -0.25) is 9.36 Å². The predicted molar refractivity (Wildman–Crippen MR) is 102 cm³/mol. The van der Waals surface area contributed by atoms with Crippen molar-refractivity contribution in [1.29, 1.82) is 0 Å². The van der Waals surface area contributed by atoms with Crippen LogP contribution in [0.3, 0.4) is 0 Å². The van der Waals surface area contributed by atoms with Gasteiger partial charge in [0.15, 0.2) is 4.77 Å². The van der Waals surface area contributed by atoms with E-state index >= 15 is 0 Å². The monoisotopic (exact) mass is 370 g/mol. The summed E-state index contributed by atoms with van der Waals surface area (Å²) >= 11 is 5.19. The Bertz CT molecular complexity index is 1070. The van der Waals surface area contributed by atoms with E-state index in [1.165, 1.54) is 4.57 Å². The second-order valence-corrected chi connectivity index (χ2v) is 5.92. The number of aromatic nitrogens is 2. The van der Waals surface area contributed by atoms with Crippen LogP contribution in [0.5, 0.6) is 11.5 Å². The minimum Gasteiger partial charge on any atom is -0.494 e. The molecule has 0 amide bonds. The van der Waals surface area contributed by atoms with Gasteiger partial charge in [-0.2, -0.15) is 0 Å². The number of carbonyl (C=O) groups excluding carboxylic acids is 1. The Hall–Kier alpha value is -2.93. The molecule has 6 nitrogen and oxygen atoms in total. The quantitative estimate of drug-likeness (QED) is 0.421. The Kier molecular flexibility index (Phi) is 5.18. The van der Waals surface area contributed by atoms with Crippen molar-refractivity contribution < 1.29 is 14.3 Å². The molecule has 0 radical (unpaired) electrons. The topological polar surface area (TPSA) is 73.3 Å². The molecule has 26 heavy (non-hydrogen) atoms. The van der Waals surface area contributed by atoms with Crippen molar-refractivity contribution in [3.63, 3.8) is 0 Å². The van der Waals surface area contributed by atoms with Crippen LogP contribution in [-0.4, -0.2) is 22.1 Å². The Morgan fingerprint density at radius 1 is 1.12 bits per heavy atom. The van der Waals surface area contributed by atoms with E-state index in [1.807, 2.05) is 13.8 Å². The molecule has 0 unspecified atom stereocenters. The molecule has 0 spiro atoms. The third-order valence-corrected chi connectivity index (χ3v) is 4.20. The second kappa shape index (κ2) is 7.53. The average molecular weight is 370 g/mol. The highest BCUT2D eigenvalue weighted by molar-refractivity contribution is 7.71. The van der Waals surface area contributed by atoms with Gasteiger partial charge in [0.05, 0.1) is 23.1 Å². The van der Waals surface area contributed by atoms with Crippen molar-refractivity contribution in [1.82, 2.24) is 9.55 Å². The summed E-state index contributed by atoms with van der Waals surface area (Å²) in [4.78, 5) is 27.8. The van der Waals surface area contributed by atoms with Gasteiger partial charge in [0.2, 0.25) is 0 Å². The summed E-state index contributed by atoms with van der Waals surface area (Å²) < 4.78 is 12.5. The first kappa shape index (κ1) is 17.9. The molecule has 0 saturated carbocycles. The number of benzene rings is 2. The number of rotatable bonds is 5. The number of aromatic amines is 1. The van der Waals surface area contributed by atoms with Crippen molar-refractivity contribution in [3.8, 4) is 11.5 Å². The zero-order valence-electron chi connectivity index (χ0n) is 14.4. The molecule has 3 aromatic rings. The lowest BCUT2D eigenvalue weighted by Crippen LogP contribution is -2.21. The van der Waals surface area contributed by atoms with Gasteiger partial charge in [-0.25, -0.2) is 4.79 Å². The van der Waals surface area contributed by atoms with E-state index in [0.717, 1.165) is 0 Å². The minimum absolute atomic E-state index is 0.183. The maximum atomic E-state index is 12.4. The molecule has 134 valence electrons. The Labute approximate surface area is 155 Å². The number of fused-ring (bicyclic) bond motifs is 1. The van der Waals surface area contributed by atoms with E-state index in [0.29, 0.717) is 45.9 Å². The highest BCUT2D eigenvalue weighted by atomic mass is 32.1. The number of ether oxygens (including phenoxy) is 2. The molecule has 7 heteroatoms. The number of H-pyrrole nitrogens is 1. The van der Waals surface area contributed by atoms with Gasteiger partial charge in [0.25, 0.3) is 5.56 Å². The lowest BCUT2D eigenvalue weighted by atomic mass is 10.1. The Balaban J connectivity index is 1.89. The first-order valence-electron chi connectivity index (χ1n) is 8.25. The van der Waals surface area contributed by atoms with Crippen molar-refractivity contribution in [3.05, 3.63) is 63.2 Å². The van der Waals surface area contributed by atoms with Gasteiger partial charge < -0.3 is 14.5 Å². The lowest BCUT2D eigenvalue weighted by molar-refractivity contribution is 0.0734. The number of hydrogen-bond donors (Lipinski definition) is 1. The van der Waals surface area contributed by atoms with Gasteiger partial charge in [-0.15, -0.1) is 0 Å². The summed E-state index contributed by atoms with van der Waals surface area (Å²) in [6.45, 7) is 4.79. The van der Waals surface area contributed by atoms with E-state index in [1.54, 1.807) is 42.5 Å². The zero-order valence-corrected chi connectivity index (χ0v) is 15.3. The van der Waals surface area contributed by atoms with Crippen LogP contribution >= 0.6 is 12.2 Å². The lowest BCUT2D eigenvalue weighted by Gasteiger charge is -2.08. The number of esters is 1. The van der Waals surface area contributed by atoms with Gasteiger partial charge >= 0.3 is 5.97 Å². The molecule has 0 fully saturated rings. The molecule has 1 heterocycles. The molecule has 0 aliphatic heterocycles. The molecule has 0 atom stereocenters. The van der Waals surface area contributed by atoms with Crippen molar-refractivity contribution >= 4 is 29.1 Å². The first-order chi connectivity index (χ1) is 12.5. The Morgan fingerprint density at radius 2 is 1.81 bits per heavy atom. The maximum Gasteiger partial charge on any atom is 0.343 e. The van der Waals surface area contributed by atoms with E-state index in [9.17, 15) is 9.59 Å². The van der Waals surface area contributed by atoms with Crippen LogP contribution in [0.25, 0.3) is 10.9 Å². The van der Waals surface area contributed by atoms with E-state index in [2.05, 4.69) is 4.98 Å². The molecule has 0 aliphatic carbocycles. The summed E-state index contributed by atoms with van der Waals surface area (Å²) in [5.41, 5.74) is 0.647. The maximum absolute atomic E-state index is 12.4. The second-order valence-electron chi connectivity index (χ2n) is 5.53. The average Bonchev–Trinajstić information content (AvgIpc) is 2.63. The molecule has 0 saturated heterocycles. The third kappa shape index (κ3) is 3.52. The van der Waals surface area contributed by atoms with E-state index in [-0.39, 0.29) is 5.56 Å². The van der Waals surface area contributed by atoms with Gasteiger partial charge in [0, 0.05) is 6.54 Å². The van der Waals surface area contributed by atoms with Crippen LogP contribution in [0.1, 0.15) is 24.2 Å². The molecule has 1 aromatic heterocycles. The van der Waals surface area contributed by atoms with Gasteiger partial charge in [-0.05, 0) is 68.5 Å². The summed E-state index contributed by atoms with van der Waals surface area (Å²) in [7, 11) is 0. The standard InChI is InChI=1S/C19H18N2O4S/c1-3-21-17(22)15-10-5-12(11-16(15)20-19(21)26)18(23)25-14-8-6-13(7-9-14)24-4-2/h5-11H,3-4H2,1-2H3,(H,20,26). The van der Waals surface area contributed by atoms with Crippen molar-refractivity contribution in [2.45, 2.75) is 20.4 Å². The first-order valence-corrected chi connectivity index (χ1v) is 8.66. The number of nitrogens with zero attached hydrogens (tertiary/aromatic N) is 1. The SMILES string of the molecule is CCOc1ccc(OC(=O)c2ccc3c(=O)n(CC)c(=S)[nH]c3c2)cc1. The number of nitrogens with one attached hydrogen (secondary N) is 1. The highest BCUT2D eigenvalue weighted by Crippen LogP contribution is 2.19. The normalized spacial score (nSPS) is 10.7. The van der Waals surface area contributed by atoms with Crippen LogP contribution in [0, 0.1) is 4.77 Å². The molecule has 1 N–H and O–H groups in total. The molecule has 0 aliphatic rings. The smallest absolute Gasteiger partial charge is 0.343 e. The van der Waals surface area contributed by atoms with Crippen LogP contribution in [0.15, 0.2) is 47.3 Å². The van der Waals surface area contributed by atoms with Gasteiger partial charge in [-0.1, -0.05) is 0 Å². The third-order valence-electron chi connectivity index (χ3n) is 3.88. The summed E-state index contributed by atoms with van der Waals surface area (Å²) in [5, 5.41) is 0.470. The van der Waals surface area contributed by atoms with Crippen molar-refractivity contribution in [2.24, 2.45) is 0 Å². The number of hydrogen-bond acceptors (Lipinski definition) is 5. The summed E-state index contributed by atoms with van der Waals surface area (Å²) in [6, 6.07) is 11.5. The fraction of sp³-hybridized carbons (Fsp3) is 0.211. The summed E-state index contributed by atoms with van der Waals surface area (Å²) in [6.07, 6.45) is 0. The minimum atomic E-state index is -0.518. The fourth-order valence-corrected chi connectivity index (χ4v) is 2.93. The van der Waals surface area contributed by atoms with Crippen LogP contribution in [-0.2, 0) is 6.54 Å². The molecule has 3 rings (SSSR count). The van der Waals surface area contributed by atoms with Crippen LogP contribution in [0.2, 0.25) is 0 Å². The number of carbonyl (C=O) groups is 1. The van der Waals surface area contributed by atoms with Crippen molar-refractivity contribution in [2.75, 3.05) is 6.61 Å². The molecular weight excluding hydrogens is 352 g/mol. The zero-order chi connectivity index (χ0) is 18.7. The van der Waals surface area contributed by atoms with Crippen LogP contribution in [0.4, 0.5) is 0 Å². The highest BCUT2D eigenvalue weighted by Gasteiger charge is 2.12. The molecule has 2 aromatic carbocycles.